The van der Waals surface area contributed by atoms with Crippen molar-refractivity contribution in [1.29, 1.82) is 0 Å². The number of methoxy groups -OCH3 is 1. The van der Waals surface area contributed by atoms with Gasteiger partial charge in [-0.3, -0.25) is 9.59 Å². The molecule has 186 valence electrons. The van der Waals surface area contributed by atoms with Crippen molar-refractivity contribution in [3.05, 3.63) is 39.8 Å². The number of nitrogens with zero attached hydrogens (tertiary/aromatic N) is 2. The van der Waals surface area contributed by atoms with Gasteiger partial charge in [-0.05, 0) is 57.9 Å². The second kappa shape index (κ2) is 9.88. The van der Waals surface area contributed by atoms with E-state index in [1.54, 1.807) is 13.3 Å². The maximum Gasteiger partial charge on any atom is 0.252 e. The minimum Gasteiger partial charge on any atom is -0.381 e. The van der Waals surface area contributed by atoms with E-state index in [4.69, 9.17) is 9.47 Å². The summed E-state index contributed by atoms with van der Waals surface area (Å²) in [6.07, 6.45) is 6.40. The van der Waals surface area contributed by atoms with Crippen molar-refractivity contribution in [2.75, 3.05) is 25.6 Å². The fourth-order valence-electron chi connectivity index (χ4n) is 4.02. The molecule has 1 saturated carbocycles. The van der Waals surface area contributed by atoms with Crippen LogP contribution in [0.4, 0.5) is 5.13 Å². The lowest BCUT2D eigenvalue weighted by atomic mass is 9.92. The summed E-state index contributed by atoms with van der Waals surface area (Å²) in [4.78, 5) is 31.6. The maximum absolute atomic E-state index is 13.4. The van der Waals surface area contributed by atoms with E-state index in [2.05, 4.69) is 10.3 Å². The highest BCUT2D eigenvalue weighted by Gasteiger charge is 2.37. The highest BCUT2D eigenvalue weighted by Crippen LogP contribution is 2.34. The molecule has 1 N–H and O–H groups in total. The summed E-state index contributed by atoms with van der Waals surface area (Å²) in [5.74, 6) is -0.145. The summed E-state index contributed by atoms with van der Waals surface area (Å²) in [6.45, 7) is 5.07. The fourth-order valence-corrected chi connectivity index (χ4v) is 6.58. The SMILES string of the molecule is COC(C)(C)c1cnc(NC(=O)[C@H](CC2CCOCC2)n2ccc(S(=O)(=O)C3CC3)cc2=O)s1. The molecule has 4 rings (SSSR count). The van der Waals surface area contributed by atoms with E-state index in [9.17, 15) is 18.0 Å². The fraction of sp³-hybridized carbons (Fsp3) is 0.609. The average molecular weight is 510 g/mol. The summed E-state index contributed by atoms with van der Waals surface area (Å²) in [5.41, 5.74) is -1.05. The Morgan fingerprint density at radius 2 is 2.03 bits per heavy atom. The molecule has 11 heteroatoms. The third-order valence-electron chi connectivity index (χ3n) is 6.59. The molecule has 2 aromatic heterocycles. The van der Waals surface area contributed by atoms with Crippen LogP contribution in [0.15, 0.2) is 34.2 Å². The molecule has 34 heavy (non-hydrogen) atoms. The van der Waals surface area contributed by atoms with Gasteiger partial charge in [0.1, 0.15) is 6.04 Å². The predicted octanol–water partition coefficient (Wildman–Crippen LogP) is 3.12. The molecule has 0 bridgehead atoms. The number of amides is 1. The van der Waals surface area contributed by atoms with Crippen LogP contribution in [-0.4, -0.2) is 49.4 Å². The van der Waals surface area contributed by atoms with E-state index in [1.807, 2.05) is 13.8 Å². The van der Waals surface area contributed by atoms with Gasteiger partial charge in [0.25, 0.3) is 5.56 Å². The minimum absolute atomic E-state index is 0.0211. The highest BCUT2D eigenvalue weighted by atomic mass is 32.2. The van der Waals surface area contributed by atoms with Gasteiger partial charge in [0, 0.05) is 38.8 Å². The lowest BCUT2D eigenvalue weighted by molar-refractivity contribution is -0.120. The number of rotatable bonds is 9. The number of hydrogen-bond acceptors (Lipinski definition) is 8. The van der Waals surface area contributed by atoms with Crippen molar-refractivity contribution >= 4 is 32.2 Å². The number of hydrogen-bond donors (Lipinski definition) is 1. The van der Waals surface area contributed by atoms with Crippen molar-refractivity contribution in [3.63, 3.8) is 0 Å². The standard InChI is InChI=1S/C23H31N3O6S2/c1-23(2,31-3)19-14-24-22(33-19)25-21(28)18(12-15-7-10-32-11-8-15)26-9-6-17(13-20(26)27)34(29,30)16-4-5-16/h6,9,13-16,18H,4-5,7-8,10-12H2,1-3H3,(H,24,25,28)/t18-/m0/s1. The number of thiazole rings is 1. The molecule has 1 aliphatic heterocycles. The molecule has 1 aliphatic carbocycles. The van der Waals surface area contributed by atoms with Gasteiger partial charge >= 0.3 is 0 Å². The van der Waals surface area contributed by atoms with E-state index >= 15 is 0 Å². The van der Waals surface area contributed by atoms with Crippen molar-refractivity contribution < 1.29 is 22.7 Å². The molecule has 0 spiro atoms. The molecule has 2 aliphatic rings. The minimum atomic E-state index is -3.49. The Morgan fingerprint density at radius 1 is 1.32 bits per heavy atom. The monoisotopic (exact) mass is 509 g/mol. The molecular formula is C23H31N3O6S2. The number of carbonyl (C=O) groups excluding carboxylic acids is 1. The van der Waals surface area contributed by atoms with E-state index in [-0.39, 0.29) is 16.7 Å². The van der Waals surface area contributed by atoms with Crippen LogP contribution in [0.5, 0.6) is 0 Å². The van der Waals surface area contributed by atoms with Crippen LogP contribution in [0.25, 0.3) is 0 Å². The second-order valence-electron chi connectivity index (χ2n) is 9.39. The van der Waals surface area contributed by atoms with Crippen molar-refractivity contribution in [3.8, 4) is 0 Å². The molecule has 1 saturated heterocycles. The molecule has 1 atom stereocenters. The molecule has 3 heterocycles. The number of nitrogens with one attached hydrogen (secondary N) is 1. The Morgan fingerprint density at radius 3 is 2.65 bits per heavy atom. The van der Waals surface area contributed by atoms with Crippen LogP contribution in [0.1, 0.15) is 56.9 Å². The molecule has 0 radical (unpaired) electrons. The summed E-state index contributed by atoms with van der Waals surface area (Å²) in [6, 6.07) is 1.78. The number of ether oxygens (including phenoxy) is 2. The zero-order chi connectivity index (χ0) is 24.5. The normalized spacial score (nSPS) is 18.6. The summed E-state index contributed by atoms with van der Waals surface area (Å²) in [5, 5.41) is 2.87. The summed E-state index contributed by atoms with van der Waals surface area (Å²) >= 11 is 1.32. The van der Waals surface area contributed by atoms with Crippen LogP contribution < -0.4 is 10.9 Å². The predicted molar refractivity (Wildman–Crippen MR) is 129 cm³/mol. The Kier molecular flexibility index (Phi) is 7.28. The molecule has 2 aromatic rings. The van der Waals surface area contributed by atoms with Crippen molar-refractivity contribution in [1.82, 2.24) is 9.55 Å². The lowest BCUT2D eigenvalue weighted by Gasteiger charge is -2.27. The number of carbonyl (C=O) groups is 1. The van der Waals surface area contributed by atoms with Gasteiger partial charge in [0.2, 0.25) is 5.91 Å². The van der Waals surface area contributed by atoms with Gasteiger partial charge in [-0.15, -0.1) is 0 Å². The Balaban J connectivity index is 1.60. The second-order valence-corrected chi connectivity index (χ2v) is 12.7. The summed E-state index contributed by atoms with van der Waals surface area (Å²) < 4.78 is 37.4. The van der Waals surface area contributed by atoms with E-state index < -0.39 is 32.3 Å². The van der Waals surface area contributed by atoms with Crippen LogP contribution in [0.2, 0.25) is 0 Å². The number of aromatic nitrogens is 2. The third kappa shape index (κ3) is 5.42. The first-order chi connectivity index (χ1) is 16.1. The third-order valence-corrected chi connectivity index (χ3v) is 10.1. The molecule has 2 fully saturated rings. The Hall–Kier alpha value is -2.08. The molecular weight excluding hydrogens is 478 g/mol. The van der Waals surface area contributed by atoms with Crippen LogP contribution in [-0.2, 0) is 29.7 Å². The maximum atomic E-state index is 13.4. The zero-order valence-electron chi connectivity index (χ0n) is 19.7. The number of pyridine rings is 1. The molecule has 0 aromatic carbocycles. The Bertz CT molecular complexity index is 1190. The van der Waals surface area contributed by atoms with Crippen molar-refractivity contribution in [2.45, 2.75) is 67.7 Å². The van der Waals surface area contributed by atoms with Gasteiger partial charge in [-0.1, -0.05) is 11.3 Å². The van der Waals surface area contributed by atoms with Crippen LogP contribution in [0.3, 0.4) is 0 Å². The number of anilines is 1. The first kappa shape index (κ1) is 25.0. The van der Waals surface area contributed by atoms with Gasteiger partial charge in [-0.25, -0.2) is 13.4 Å². The average Bonchev–Trinajstić information content (AvgIpc) is 3.58. The molecule has 9 nitrogen and oxygen atoms in total. The van der Waals surface area contributed by atoms with Crippen LogP contribution in [0, 0.1) is 5.92 Å². The first-order valence-electron chi connectivity index (χ1n) is 11.5. The zero-order valence-corrected chi connectivity index (χ0v) is 21.3. The topological polar surface area (TPSA) is 117 Å². The van der Waals surface area contributed by atoms with Gasteiger partial charge in [-0.2, -0.15) is 0 Å². The summed E-state index contributed by atoms with van der Waals surface area (Å²) in [7, 11) is -1.88. The molecule has 0 unspecified atom stereocenters. The lowest BCUT2D eigenvalue weighted by Crippen LogP contribution is -2.35. The quantitative estimate of drug-likeness (QED) is 0.552. The van der Waals surface area contributed by atoms with E-state index in [1.165, 1.54) is 28.2 Å². The van der Waals surface area contributed by atoms with Gasteiger partial charge < -0.3 is 19.4 Å². The van der Waals surface area contributed by atoms with E-state index in [0.717, 1.165) is 23.8 Å². The highest BCUT2D eigenvalue weighted by molar-refractivity contribution is 7.92. The van der Waals surface area contributed by atoms with Crippen LogP contribution >= 0.6 is 11.3 Å². The Labute approximate surface area is 203 Å². The molecule has 1 amide bonds. The first-order valence-corrected chi connectivity index (χ1v) is 13.8. The van der Waals surface area contributed by atoms with Gasteiger partial charge in [0.05, 0.1) is 20.6 Å². The van der Waals surface area contributed by atoms with E-state index in [0.29, 0.717) is 37.6 Å². The van der Waals surface area contributed by atoms with Crippen molar-refractivity contribution in [2.24, 2.45) is 5.92 Å². The largest absolute Gasteiger partial charge is 0.381 e. The van der Waals surface area contributed by atoms with Gasteiger partial charge in [0.15, 0.2) is 15.0 Å². The smallest absolute Gasteiger partial charge is 0.252 e. The number of sulfone groups is 1.